The van der Waals surface area contributed by atoms with E-state index >= 15 is 0 Å². The molecule has 1 aliphatic carbocycles. The van der Waals surface area contributed by atoms with Crippen molar-refractivity contribution in [3.63, 3.8) is 0 Å². The van der Waals surface area contributed by atoms with Gasteiger partial charge in [0, 0.05) is 51.5 Å². The van der Waals surface area contributed by atoms with Gasteiger partial charge in [0.1, 0.15) is 24.0 Å². The Hall–Kier alpha value is -7.89. The highest BCUT2D eigenvalue weighted by atomic mass is 16.5. The molecular weight excluding hydrogens is 961 g/mol. The predicted molar refractivity (Wildman–Crippen MR) is 335 cm³/mol. The number of rotatable bonds is 8. The van der Waals surface area contributed by atoms with E-state index in [-0.39, 0.29) is 100 Å². The summed E-state index contributed by atoms with van der Waals surface area (Å²) in [6.07, 6.45) is 2.97. The summed E-state index contributed by atoms with van der Waals surface area (Å²) >= 11 is 0. The van der Waals surface area contributed by atoms with Crippen LogP contribution in [-0.2, 0) is 27.1 Å². The Labute approximate surface area is 492 Å². The molecule has 8 aromatic carbocycles. The number of nitrogens with zero attached hydrogens (tertiary/aromatic N) is 4. The summed E-state index contributed by atoms with van der Waals surface area (Å²) in [5.74, 6) is 0.974. The minimum absolute atomic E-state index is 0.0250. The normalized spacial score (nSPS) is 18.0. The molecule has 12 rings (SSSR count). The summed E-state index contributed by atoms with van der Waals surface area (Å²) in [6.45, 7) is 26.0. The van der Waals surface area contributed by atoms with Gasteiger partial charge in [0.05, 0.1) is 50.0 Å². The van der Waals surface area contributed by atoms with Crippen LogP contribution < -0.4 is 14.5 Å². The van der Waals surface area contributed by atoms with E-state index in [1.54, 1.807) is 34.9 Å². The lowest BCUT2D eigenvalue weighted by molar-refractivity contribution is 0.332. The van der Waals surface area contributed by atoms with Crippen LogP contribution in [0, 0.1) is 0 Å². The van der Waals surface area contributed by atoms with E-state index in [0.29, 0.717) is 72.8 Å². The number of benzene rings is 8. The van der Waals surface area contributed by atoms with Crippen LogP contribution in [0.5, 0.6) is 11.5 Å². The van der Waals surface area contributed by atoms with Crippen LogP contribution in [0.15, 0.2) is 188 Å². The molecule has 2 aliphatic rings. The summed E-state index contributed by atoms with van der Waals surface area (Å²) in [7, 11) is 0. The predicted octanol–water partition coefficient (Wildman–Crippen LogP) is 20.5. The zero-order valence-electron chi connectivity index (χ0n) is 63.5. The summed E-state index contributed by atoms with van der Waals surface area (Å²) < 4.78 is 157. The largest absolute Gasteiger partial charge is 0.457 e. The van der Waals surface area contributed by atoms with Crippen LogP contribution in [0.2, 0.25) is 0 Å². The number of anilines is 4. The quantitative estimate of drug-likeness (QED) is 0.152. The molecule has 0 bridgehead atoms. The van der Waals surface area contributed by atoms with Crippen LogP contribution in [0.1, 0.15) is 153 Å². The molecular formula is C74H76N4O. The van der Waals surface area contributed by atoms with Crippen molar-refractivity contribution in [3.05, 3.63) is 216 Å². The number of fused-ring (bicyclic) bond motifs is 5. The van der Waals surface area contributed by atoms with Crippen molar-refractivity contribution < 1.29 is 26.7 Å². The first kappa shape index (κ1) is 36.3. The van der Waals surface area contributed by atoms with Gasteiger partial charge >= 0.3 is 0 Å². The van der Waals surface area contributed by atoms with E-state index in [1.165, 1.54) is 6.20 Å². The van der Waals surface area contributed by atoms with Crippen molar-refractivity contribution in [2.75, 3.05) is 16.5 Å². The third kappa shape index (κ3) is 9.39. The fraction of sp³-hybridized carbons (Fsp3) is 0.284. The minimum atomic E-state index is -0.752. The highest BCUT2D eigenvalue weighted by Gasteiger charge is 2.38. The maximum atomic E-state index is 10.4. The fourth-order valence-corrected chi connectivity index (χ4v) is 11.2. The van der Waals surface area contributed by atoms with E-state index in [9.17, 15) is 12.3 Å². The highest BCUT2D eigenvalue weighted by molar-refractivity contribution is 6.09. The first-order chi connectivity index (χ1) is 44.2. The van der Waals surface area contributed by atoms with Crippen molar-refractivity contribution in [2.24, 2.45) is 0 Å². The molecule has 0 radical (unpaired) electrons. The van der Waals surface area contributed by atoms with Gasteiger partial charge in [0.25, 0.3) is 0 Å². The smallest absolute Gasteiger partial charge is 0.137 e. The zero-order valence-corrected chi connectivity index (χ0v) is 47.5. The molecule has 0 atom stereocenters. The van der Waals surface area contributed by atoms with Crippen molar-refractivity contribution in [1.29, 1.82) is 0 Å². The second-order valence-corrected chi connectivity index (χ2v) is 25.6. The van der Waals surface area contributed by atoms with Crippen molar-refractivity contribution in [1.82, 2.24) is 9.55 Å². The maximum Gasteiger partial charge on any atom is 0.137 e. The number of hydrogen-bond acceptors (Lipinski definition) is 4. The van der Waals surface area contributed by atoms with Crippen LogP contribution in [-0.4, -0.2) is 16.2 Å². The first-order valence-electron chi connectivity index (χ1n) is 35.2. The van der Waals surface area contributed by atoms with Crippen LogP contribution in [0.3, 0.4) is 0 Å². The van der Waals surface area contributed by atoms with Crippen molar-refractivity contribution in [2.45, 2.75) is 130 Å². The average molecular weight is 1050 g/mol. The third-order valence-electron chi connectivity index (χ3n) is 15.9. The monoisotopic (exact) mass is 1050 g/mol. The lowest BCUT2D eigenvalue weighted by atomic mass is 9.63. The standard InChI is InChI=1S/C74H76N4O/c1-70(2,3)51-33-30-49(31-34-51)58-41-52(71(4,5)6)42-59(50-32-37-61-63(40-50)74(12,13)39-38-73(61,10)11)69(58)77-47-76(65-28-19-20-29-66(65)77)53-24-21-25-54(43-53)79-55-35-36-57-56-26-17-18-27-64(56)78(67(57)44-55)68-45-62(72(7,8)9)60(46-75-68)48-22-15-14-16-23-48/h14-37,40-46H,38-39,47H2,1-13H3/i14D,15D,16D,17D,18D,22D,23D,26D,27D,30D,31D,32D,33D,34D,37D,40D. The Morgan fingerprint density at radius 1 is 0.506 bits per heavy atom. The molecule has 0 N–H and O–H groups in total. The summed E-state index contributed by atoms with van der Waals surface area (Å²) in [4.78, 5) is 9.00. The Morgan fingerprint density at radius 2 is 1.13 bits per heavy atom. The molecule has 0 amide bonds. The average Bonchev–Trinajstić information content (AvgIpc) is 1.69. The van der Waals surface area contributed by atoms with Gasteiger partial charge in [-0.1, -0.05) is 199 Å². The van der Waals surface area contributed by atoms with E-state index in [4.69, 9.17) is 19.3 Å². The number of ether oxygens (including phenoxy) is 1. The Kier molecular flexibility index (Phi) is 8.69. The number of aromatic nitrogens is 2. The molecule has 79 heavy (non-hydrogen) atoms. The highest BCUT2D eigenvalue weighted by Crippen LogP contribution is 2.54. The molecule has 5 heteroatoms. The number of hydrogen-bond donors (Lipinski definition) is 0. The van der Waals surface area contributed by atoms with Crippen molar-refractivity contribution in [3.8, 4) is 50.7 Å². The molecule has 398 valence electrons. The van der Waals surface area contributed by atoms with Gasteiger partial charge < -0.3 is 14.5 Å². The summed E-state index contributed by atoms with van der Waals surface area (Å²) in [6, 6.07) is 21.6. The Balaban J connectivity index is 1.04. The van der Waals surface area contributed by atoms with Gasteiger partial charge in [-0.25, -0.2) is 4.98 Å². The van der Waals surface area contributed by atoms with Gasteiger partial charge in [-0.05, 0) is 145 Å². The Bertz CT molecular complexity index is 4900. The van der Waals surface area contributed by atoms with Gasteiger partial charge in [-0.2, -0.15) is 0 Å². The lowest BCUT2D eigenvalue weighted by Gasteiger charge is -2.42. The molecule has 0 unspecified atom stereocenters. The molecule has 0 saturated carbocycles. The molecule has 3 heterocycles. The molecule has 10 aromatic rings. The minimum Gasteiger partial charge on any atom is -0.457 e. The van der Waals surface area contributed by atoms with Crippen LogP contribution >= 0.6 is 0 Å². The van der Waals surface area contributed by atoms with Gasteiger partial charge in [0.15, 0.2) is 0 Å². The maximum absolute atomic E-state index is 10.4. The fourth-order valence-electron chi connectivity index (χ4n) is 11.2. The van der Waals surface area contributed by atoms with E-state index in [2.05, 4.69) is 37.5 Å². The first-order valence-corrected chi connectivity index (χ1v) is 27.2. The summed E-state index contributed by atoms with van der Waals surface area (Å²) in [5, 5.41) is 0.711. The second-order valence-electron chi connectivity index (χ2n) is 25.6. The van der Waals surface area contributed by atoms with E-state index in [1.807, 2.05) is 117 Å². The second kappa shape index (κ2) is 18.9. The van der Waals surface area contributed by atoms with Gasteiger partial charge in [-0.15, -0.1) is 0 Å². The Morgan fingerprint density at radius 3 is 1.82 bits per heavy atom. The summed E-state index contributed by atoms with van der Waals surface area (Å²) in [5.41, 5.74) is 4.43. The van der Waals surface area contributed by atoms with Crippen LogP contribution in [0.25, 0.3) is 61.0 Å². The zero-order chi connectivity index (χ0) is 69.3. The van der Waals surface area contributed by atoms with Gasteiger partial charge in [0.2, 0.25) is 0 Å². The molecule has 5 nitrogen and oxygen atoms in total. The van der Waals surface area contributed by atoms with E-state index in [0.717, 1.165) is 24.1 Å². The van der Waals surface area contributed by atoms with Crippen molar-refractivity contribution >= 4 is 44.6 Å². The molecule has 0 saturated heterocycles. The number of pyridine rings is 1. The van der Waals surface area contributed by atoms with E-state index < -0.39 is 69.4 Å². The lowest BCUT2D eigenvalue weighted by Crippen LogP contribution is -2.33. The molecule has 1 aliphatic heterocycles. The topological polar surface area (TPSA) is 33.5 Å². The van der Waals surface area contributed by atoms with Crippen LogP contribution in [0.4, 0.5) is 22.7 Å². The third-order valence-corrected chi connectivity index (χ3v) is 15.9. The molecule has 0 fully saturated rings. The molecule has 0 spiro atoms. The van der Waals surface area contributed by atoms with Gasteiger partial charge in [-0.3, -0.25) is 4.57 Å². The number of para-hydroxylation sites is 3. The SMILES string of the molecule is [2H]c1c([2H])c([2H])c(-c2cnc(-n3c4cc(Oc5cccc(N6CN(c7c(-c8c([2H])c([2H])c(C(C)(C)C)c([2H])c8[2H])cc(C(C)(C)C)cc7-c7c([2H])c([2H])c8c(c7[2H])C(C)(C)CCC8(C)C)c7ccccc76)c5)ccc4c4c([2H])c([2H])c([2H])c([2H])c43)cc2C(C)(C)C)c([2H])c1[2H]. The molecule has 2 aromatic heterocycles.